The second kappa shape index (κ2) is 7.79. The van der Waals surface area contributed by atoms with Gasteiger partial charge in [-0.1, -0.05) is 71.5 Å². The molecule has 0 aromatic carbocycles. The second-order valence-corrected chi connectivity index (χ2v) is 17.2. The van der Waals surface area contributed by atoms with E-state index in [0.717, 1.165) is 13.0 Å². The van der Waals surface area contributed by atoms with Crippen LogP contribution in [0.1, 0.15) is 48.0 Å². The lowest BCUT2D eigenvalue weighted by molar-refractivity contribution is 0.294. The van der Waals surface area contributed by atoms with Crippen molar-refractivity contribution in [2.24, 2.45) is 0 Å². The number of hydrogen-bond acceptors (Lipinski definition) is 1. The molecule has 0 aliphatic carbocycles. The fourth-order valence-electron chi connectivity index (χ4n) is 2.04. The molecular formula is C16H36OSi2. The summed E-state index contributed by atoms with van der Waals surface area (Å²) in [4.78, 5) is 0. The lowest BCUT2D eigenvalue weighted by Gasteiger charge is -2.36. The van der Waals surface area contributed by atoms with Crippen molar-refractivity contribution in [3.05, 3.63) is 11.8 Å². The van der Waals surface area contributed by atoms with E-state index in [1.165, 1.54) is 18.1 Å². The van der Waals surface area contributed by atoms with Crippen molar-refractivity contribution in [2.75, 3.05) is 6.61 Å². The minimum Gasteiger partial charge on any atom is -0.417 e. The van der Waals surface area contributed by atoms with E-state index in [0.29, 0.717) is 5.04 Å². The molecule has 0 saturated heterocycles. The second-order valence-electron chi connectivity index (χ2n) is 7.22. The van der Waals surface area contributed by atoms with E-state index in [-0.39, 0.29) is 0 Å². The van der Waals surface area contributed by atoms with Gasteiger partial charge in [-0.3, -0.25) is 0 Å². The van der Waals surface area contributed by atoms with Gasteiger partial charge in [-0.2, -0.15) is 0 Å². The first-order valence-corrected chi connectivity index (χ1v) is 13.6. The van der Waals surface area contributed by atoms with Gasteiger partial charge >= 0.3 is 0 Å². The van der Waals surface area contributed by atoms with Gasteiger partial charge in [-0.25, -0.2) is 0 Å². The smallest absolute Gasteiger partial charge is 0.191 e. The van der Waals surface area contributed by atoms with Crippen LogP contribution in [0.2, 0.25) is 36.3 Å². The van der Waals surface area contributed by atoms with Crippen molar-refractivity contribution >= 4 is 16.4 Å². The molecule has 0 aliphatic rings. The Hall–Kier alpha value is 0.134. The van der Waals surface area contributed by atoms with Crippen LogP contribution in [0.4, 0.5) is 0 Å². The average Bonchev–Trinajstić information content (AvgIpc) is 2.33. The highest BCUT2D eigenvalue weighted by atomic mass is 28.4. The van der Waals surface area contributed by atoms with Crippen LogP contribution in [0.5, 0.6) is 0 Å². The van der Waals surface area contributed by atoms with Gasteiger partial charge in [0.05, 0.1) is 8.07 Å². The summed E-state index contributed by atoms with van der Waals surface area (Å²) in [6.45, 7) is 19.5. The van der Waals surface area contributed by atoms with Gasteiger partial charge in [-0.15, -0.1) is 0 Å². The third-order valence-electron chi connectivity index (χ3n) is 5.14. The van der Waals surface area contributed by atoms with Gasteiger partial charge < -0.3 is 4.43 Å². The summed E-state index contributed by atoms with van der Waals surface area (Å²) < 4.78 is 6.21. The maximum Gasteiger partial charge on any atom is 0.191 e. The molecule has 0 spiro atoms. The zero-order chi connectivity index (χ0) is 15.2. The lowest BCUT2D eigenvalue weighted by atomic mass is 10.2. The molecule has 0 heterocycles. The Kier molecular flexibility index (Phi) is 7.85. The van der Waals surface area contributed by atoms with E-state index in [1.807, 2.05) is 0 Å². The van der Waals surface area contributed by atoms with Gasteiger partial charge in [0.15, 0.2) is 8.32 Å². The molecule has 0 saturated carbocycles. The van der Waals surface area contributed by atoms with E-state index >= 15 is 0 Å². The molecule has 0 fully saturated rings. The van der Waals surface area contributed by atoms with E-state index in [1.54, 1.807) is 0 Å². The molecule has 19 heavy (non-hydrogen) atoms. The maximum atomic E-state index is 6.21. The largest absolute Gasteiger partial charge is 0.417 e. The van der Waals surface area contributed by atoms with Crippen LogP contribution in [0.25, 0.3) is 0 Å². The Morgan fingerprint density at radius 1 is 0.947 bits per heavy atom. The predicted octanol–water partition coefficient (Wildman–Crippen LogP) is 6.00. The van der Waals surface area contributed by atoms with Crippen molar-refractivity contribution in [1.82, 2.24) is 0 Å². The minimum absolute atomic E-state index is 0.325. The van der Waals surface area contributed by atoms with Gasteiger partial charge in [0.2, 0.25) is 0 Å². The van der Waals surface area contributed by atoms with Crippen molar-refractivity contribution in [1.29, 1.82) is 0 Å². The first-order valence-electron chi connectivity index (χ1n) is 7.96. The normalized spacial score (nSPS) is 14.3. The fourth-order valence-corrected chi connectivity index (χ4v) is 5.97. The molecule has 1 nitrogen and oxygen atoms in total. The van der Waals surface area contributed by atoms with Gasteiger partial charge in [-0.05, 0) is 24.6 Å². The van der Waals surface area contributed by atoms with Crippen LogP contribution in [-0.4, -0.2) is 23.0 Å². The summed E-state index contributed by atoms with van der Waals surface area (Å²) in [6.07, 6.45) is 3.48. The Morgan fingerprint density at radius 2 is 1.42 bits per heavy atom. The summed E-state index contributed by atoms with van der Waals surface area (Å²) in [6, 6.07) is 4.12. The summed E-state index contributed by atoms with van der Waals surface area (Å²) in [5, 5.41) is 0.325. The van der Waals surface area contributed by atoms with Crippen molar-refractivity contribution in [3.63, 3.8) is 0 Å². The molecule has 0 atom stereocenters. The summed E-state index contributed by atoms with van der Waals surface area (Å²) in [7, 11) is -2.62. The molecule has 0 radical (unpaired) electrons. The van der Waals surface area contributed by atoms with Crippen LogP contribution in [0.3, 0.4) is 0 Å². The van der Waals surface area contributed by atoms with Crippen LogP contribution in [0.15, 0.2) is 11.8 Å². The third-order valence-corrected chi connectivity index (χ3v) is 14.8. The fraction of sp³-hybridized carbons (Fsp3) is 0.875. The first kappa shape index (κ1) is 19.1. The maximum absolute atomic E-state index is 6.21. The zero-order valence-corrected chi connectivity index (χ0v) is 16.6. The highest BCUT2D eigenvalue weighted by Gasteiger charge is 2.36. The molecule has 0 N–H and O–H groups in total. The molecule has 0 aromatic rings. The number of rotatable bonds is 8. The monoisotopic (exact) mass is 300 g/mol. The van der Waals surface area contributed by atoms with Crippen LogP contribution >= 0.6 is 0 Å². The first-order chi connectivity index (χ1) is 8.64. The minimum atomic E-state index is -1.55. The van der Waals surface area contributed by atoms with Gasteiger partial charge in [0.1, 0.15) is 0 Å². The highest BCUT2D eigenvalue weighted by molar-refractivity contribution is 6.84. The van der Waals surface area contributed by atoms with Crippen molar-refractivity contribution in [2.45, 2.75) is 84.2 Å². The Balaban J connectivity index is 4.25. The van der Waals surface area contributed by atoms with Crippen molar-refractivity contribution < 1.29 is 4.43 Å². The topological polar surface area (TPSA) is 9.23 Å². The molecule has 3 heteroatoms. The molecule has 0 rings (SSSR count). The van der Waals surface area contributed by atoms with E-state index in [4.69, 9.17) is 4.43 Å². The predicted molar refractivity (Wildman–Crippen MR) is 94.1 cm³/mol. The Labute approximate surface area is 124 Å². The van der Waals surface area contributed by atoms with Gasteiger partial charge in [0, 0.05) is 6.61 Å². The summed E-state index contributed by atoms with van der Waals surface area (Å²) in [5.74, 6) is 0. The summed E-state index contributed by atoms with van der Waals surface area (Å²) >= 11 is 0. The van der Waals surface area contributed by atoms with E-state index in [2.05, 4.69) is 66.4 Å². The average molecular weight is 301 g/mol. The quantitative estimate of drug-likeness (QED) is 0.394. The Morgan fingerprint density at radius 3 is 1.79 bits per heavy atom. The molecule has 0 aliphatic heterocycles. The third kappa shape index (κ3) is 5.96. The zero-order valence-electron chi connectivity index (χ0n) is 14.6. The molecule has 0 unspecified atom stereocenters. The molecule has 0 aromatic heterocycles. The molecule has 0 amide bonds. The van der Waals surface area contributed by atoms with Crippen LogP contribution < -0.4 is 0 Å². The molecule has 114 valence electrons. The highest BCUT2D eigenvalue weighted by Crippen LogP contribution is 2.36. The Bertz CT molecular complexity index is 265. The number of hydrogen-bond donors (Lipinski definition) is 0. The van der Waals surface area contributed by atoms with Crippen molar-refractivity contribution in [3.8, 4) is 0 Å². The summed E-state index contributed by atoms with van der Waals surface area (Å²) in [5.41, 5.74) is 2.57. The van der Waals surface area contributed by atoms with Crippen LogP contribution in [-0.2, 0) is 4.43 Å². The molecule has 0 bridgehead atoms. The van der Waals surface area contributed by atoms with E-state index < -0.39 is 16.4 Å². The van der Waals surface area contributed by atoms with E-state index in [9.17, 15) is 0 Å². The van der Waals surface area contributed by atoms with Crippen LogP contribution in [0, 0.1) is 0 Å². The lowest BCUT2D eigenvalue weighted by Crippen LogP contribution is -2.40. The SMILES string of the molecule is CC[Si](/C=C/CCO[Si](C)(C)C(C)(C)C)(CC)CC. The van der Waals surface area contributed by atoms with Gasteiger partial charge in [0.25, 0.3) is 0 Å². The standard InChI is InChI=1S/C16H36OSi2/c1-9-19(10-2,11-3)15-13-12-14-17-18(7,8)16(4,5)6/h13,15H,9-12,14H2,1-8H3/b15-13+. The molecular weight excluding hydrogens is 264 g/mol.